The van der Waals surface area contributed by atoms with E-state index in [1.54, 1.807) is 24.3 Å². The zero-order chi connectivity index (χ0) is 14.5. The lowest BCUT2D eigenvalue weighted by molar-refractivity contribution is 0.606. The number of aryl methyl sites for hydroxylation is 1. The van der Waals surface area contributed by atoms with Crippen LogP contribution in [0.1, 0.15) is 11.1 Å². The fourth-order valence-corrected chi connectivity index (χ4v) is 2.07. The second-order valence-electron chi connectivity index (χ2n) is 4.36. The van der Waals surface area contributed by atoms with Gasteiger partial charge in [0.2, 0.25) is 0 Å². The molecule has 0 spiro atoms. The number of halogens is 2. The van der Waals surface area contributed by atoms with Gasteiger partial charge in [-0.05, 0) is 42.9 Å². The smallest absolute Gasteiger partial charge is 0.171 e. The molecule has 2 rings (SSSR count). The third kappa shape index (κ3) is 3.92. The molecular weight excluding hydrogens is 295 g/mol. The van der Waals surface area contributed by atoms with Crippen LogP contribution in [0.25, 0.3) is 0 Å². The Kier molecular flexibility index (Phi) is 4.93. The molecule has 104 valence electrons. The molecular formula is C15H14ClFN2S. The molecule has 0 unspecified atom stereocenters. The van der Waals surface area contributed by atoms with Crippen molar-refractivity contribution in [3.05, 3.63) is 64.4 Å². The molecule has 0 amide bonds. The van der Waals surface area contributed by atoms with Gasteiger partial charge in [-0.25, -0.2) is 4.39 Å². The molecule has 2 aromatic rings. The van der Waals surface area contributed by atoms with Gasteiger partial charge in [-0.15, -0.1) is 0 Å². The van der Waals surface area contributed by atoms with Gasteiger partial charge >= 0.3 is 0 Å². The van der Waals surface area contributed by atoms with E-state index in [2.05, 4.69) is 10.6 Å². The lowest BCUT2D eigenvalue weighted by Crippen LogP contribution is -2.28. The molecule has 0 aliphatic carbocycles. The van der Waals surface area contributed by atoms with E-state index in [0.29, 0.717) is 22.2 Å². The minimum absolute atomic E-state index is 0.248. The summed E-state index contributed by atoms with van der Waals surface area (Å²) in [6.45, 7) is 2.29. The third-order valence-electron chi connectivity index (χ3n) is 2.85. The number of thiocarbonyl (C=S) groups is 1. The minimum atomic E-state index is -0.248. The van der Waals surface area contributed by atoms with Crippen LogP contribution < -0.4 is 10.6 Å². The van der Waals surface area contributed by atoms with Crippen LogP contribution in [0.3, 0.4) is 0 Å². The average molecular weight is 309 g/mol. The van der Waals surface area contributed by atoms with Gasteiger partial charge in [0.25, 0.3) is 0 Å². The summed E-state index contributed by atoms with van der Waals surface area (Å²) in [5, 5.41) is 7.09. The maximum atomic E-state index is 13.5. The van der Waals surface area contributed by atoms with E-state index in [0.717, 1.165) is 11.3 Å². The second kappa shape index (κ2) is 6.68. The molecule has 2 aromatic carbocycles. The predicted octanol–water partition coefficient (Wildman–Crippen LogP) is 4.27. The fraction of sp³-hybridized carbons (Fsp3) is 0.133. The number of rotatable bonds is 3. The van der Waals surface area contributed by atoms with Crippen molar-refractivity contribution < 1.29 is 4.39 Å². The molecule has 2 nitrogen and oxygen atoms in total. The van der Waals surface area contributed by atoms with E-state index < -0.39 is 0 Å². The first-order valence-corrected chi connectivity index (χ1v) is 6.89. The van der Waals surface area contributed by atoms with Gasteiger partial charge in [0.05, 0.1) is 0 Å². The lowest BCUT2D eigenvalue weighted by Gasteiger charge is -2.13. The van der Waals surface area contributed by atoms with E-state index >= 15 is 0 Å². The van der Waals surface area contributed by atoms with Crippen molar-refractivity contribution in [2.45, 2.75) is 13.5 Å². The minimum Gasteiger partial charge on any atom is -0.358 e. The fourth-order valence-electron chi connectivity index (χ4n) is 1.71. The molecule has 0 atom stereocenters. The number of hydrogen-bond acceptors (Lipinski definition) is 1. The van der Waals surface area contributed by atoms with E-state index in [4.69, 9.17) is 23.8 Å². The molecule has 0 radical (unpaired) electrons. The standard InChI is InChI=1S/C15H14ClFN2S/c1-10-6-7-12(16)8-14(10)19-15(20)18-9-11-4-2-3-5-13(11)17/h2-8H,9H2,1H3,(H2,18,19,20). The average Bonchev–Trinajstić information content (AvgIpc) is 2.42. The molecule has 0 saturated heterocycles. The van der Waals surface area contributed by atoms with Gasteiger partial charge in [-0.1, -0.05) is 35.9 Å². The van der Waals surface area contributed by atoms with Gasteiger partial charge in [0.1, 0.15) is 5.82 Å². The molecule has 5 heteroatoms. The van der Waals surface area contributed by atoms with Crippen molar-refractivity contribution in [1.82, 2.24) is 5.32 Å². The van der Waals surface area contributed by atoms with Crippen LogP contribution in [-0.2, 0) is 6.54 Å². The van der Waals surface area contributed by atoms with Gasteiger partial charge in [0, 0.05) is 22.8 Å². The summed E-state index contributed by atoms with van der Waals surface area (Å²) in [7, 11) is 0. The van der Waals surface area contributed by atoms with E-state index in [1.165, 1.54) is 6.07 Å². The zero-order valence-corrected chi connectivity index (χ0v) is 12.5. The van der Waals surface area contributed by atoms with Crippen molar-refractivity contribution in [1.29, 1.82) is 0 Å². The van der Waals surface area contributed by atoms with Crippen LogP contribution in [0.2, 0.25) is 5.02 Å². The molecule has 0 heterocycles. The number of anilines is 1. The van der Waals surface area contributed by atoms with Gasteiger partial charge < -0.3 is 10.6 Å². The molecule has 0 saturated carbocycles. The first-order valence-electron chi connectivity index (χ1n) is 6.10. The molecule has 20 heavy (non-hydrogen) atoms. The zero-order valence-electron chi connectivity index (χ0n) is 10.9. The van der Waals surface area contributed by atoms with Crippen LogP contribution in [0.15, 0.2) is 42.5 Å². The SMILES string of the molecule is Cc1ccc(Cl)cc1NC(=S)NCc1ccccc1F. The Labute approximate surface area is 128 Å². The highest BCUT2D eigenvalue weighted by Crippen LogP contribution is 2.20. The summed E-state index contributed by atoms with van der Waals surface area (Å²) >= 11 is 11.1. The summed E-state index contributed by atoms with van der Waals surface area (Å²) in [6, 6.07) is 12.1. The summed E-state index contributed by atoms with van der Waals surface area (Å²) in [6.07, 6.45) is 0. The van der Waals surface area contributed by atoms with Crippen LogP contribution in [-0.4, -0.2) is 5.11 Å². The predicted molar refractivity (Wildman–Crippen MR) is 85.6 cm³/mol. The third-order valence-corrected chi connectivity index (χ3v) is 3.33. The lowest BCUT2D eigenvalue weighted by atomic mass is 10.2. The maximum Gasteiger partial charge on any atom is 0.171 e. The Balaban J connectivity index is 1.96. The Hall–Kier alpha value is -1.65. The largest absolute Gasteiger partial charge is 0.358 e. The second-order valence-corrected chi connectivity index (χ2v) is 5.20. The Bertz CT molecular complexity index is 631. The van der Waals surface area contributed by atoms with E-state index in [9.17, 15) is 4.39 Å². The van der Waals surface area contributed by atoms with Crippen molar-refractivity contribution in [2.75, 3.05) is 5.32 Å². The first kappa shape index (κ1) is 14.8. The Morgan fingerprint density at radius 1 is 1.25 bits per heavy atom. The van der Waals surface area contributed by atoms with Gasteiger partial charge in [-0.3, -0.25) is 0 Å². The Morgan fingerprint density at radius 3 is 2.75 bits per heavy atom. The van der Waals surface area contributed by atoms with Crippen molar-refractivity contribution >= 4 is 34.6 Å². The van der Waals surface area contributed by atoms with E-state index in [1.807, 2.05) is 19.1 Å². The Morgan fingerprint density at radius 2 is 2.00 bits per heavy atom. The number of hydrogen-bond donors (Lipinski definition) is 2. The molecule has 0 bridgehead atoms. The highest BCUT2D eigenvalue weighted by molar-refractivity contribution is 7.80. The van der Waals surface area contributed by atoms with Gasteiger partial charge in [0.15, 0.2) is 5.11 Å². The summed E-state index contributed by atoms with van der Waals surface area (Å²) in [5.41, 5.74) is 2.44. The summed E-state index contributed by atoms with van der Waals surface area (Å²) in [5.74, 6) is -0.248. The molecule has 0 aliphatic heterocycles. The molecule has 2 N–H and O–H groups in total. The van der Waals surface area contributed by atoms with Crippen LogP contribution in [0.4, 0.5) is 10.1 Å². The highest BCUT2D eigenvalue weighted by Gasteiger charge is 2.04. The van der Waals surface area contributed by atoms with Crippen molar-refractivity contribution in [3.8, 4) is 0 Å². The van der Waals surface area contributed by atoms with Crippen molar-refractivity contribution in [2.24, 2.45) is 0 Å². The molecule has 0 aliphatic rings. The normalized spacial score (nSPS) is 10.2. The van der Waals surface area contributed by atoms with Crippen LogP contribution in [0.5, 0.6) is 0 Å². The highest BCUT2D eigenvalue weighted by atomic mass is 35.5. The van der Waals surface area contributed by atoms with Crippen LogP contribution >= 0.6 is 23.8 Å². The maximum absolute atomic E-state index is 13.5. The number of nitrogens with one attached hydrogen (secondary N) is 2. The van der Waals surface area contributed by atoms with Gasteiger partial charge in [-0.2, -0.15) is 0 Å². The van der Waals surface area contributed by atoms with Crippen LogP contribution in [0, 0.1) is 12.7 Å². The first-order chi connectivity index (χ1) is 9.56. The quantitative estimate of drug-likeness (QED) is 0.828. The molecule has 0 aromatic heterocycles. The number of benzene rings is 2. The summed E-state index contributed by atoms with van der Waals surface area (Å²) < 4.78 is 13.5. The molecule has 0 fully saturated rings. The topological polar surface area (TPSA) is 24.1 Å². The monoisotopic (exact) mass is 308 g/mol. The van der Waals surface area contributed by atoms with Crippen molar-refractivity contribution in [3.63, 3.8) is 0 Å². The van der Waals surface area contributed by atoms with E-state index in [-0.39, 0.29) is 5.82 Å². The summed E-state index contributed by atoms with van der Waals surface area (Å²) in [4.78, 5) is 0.